The van der Waals surface area contributed by atoms with Gasteiger partial charge in [0.2, 0.25) is 0 Å². The Balaban J connectivity index is 1.89. The van der Waals surface area contributed by atoms with Crippen LogP contribution in [0.1, 0.15) is 32.6 Å². The minimum atomic E-state index is 0.883. The topological polar surface area (TPSA) is 0 Å². The maximum absolute atomic E-state index is 3.08. The van der Waals surface area contributed by atoms with Crippen LogP contribution >= 0.6 is 0 Å². The largest absolute Gasteiger partial charge is 0.126 e. The molecule has 2 rings (SSSR count). The zero-order chi connectivity index (χ0) is 9.10. The van der Waals surface area contributed by atoms with E-state index in [0.717, 1.165) is 17.8 Å². The fourth-order valence-electron chi connectivity index (χ4n) is 2.88. The Hall–Kier alpha value is -0.740. The zero-order valence-electron chi connectivity index (χ0n) is 8.37. The van der Waals surface area contributed by atoms with Gasteiger partial charge in [-0.25, -0.2) is 0 Å². The van der Waals surface area contributed by atoms with Gasteiger partial charge in [-0.2, -0.15) is 0 Å². The summed E-state index contributed by atoms with van der Waals surface area (Å²) < 4.78 is 0. The van der Waals surface area contributed by atoms with Crippen LogP contribution in [0, 0.1) is 17.8 Å². The summed E-state index contributed by atoms with van der Waals surface area (Å²) in [6.07, 6.45) is 14.5. The van der Waals surface area contributed by atoms with Gasteiger partial charge in [-0.3, -0.25) is 0 Å². The first kappa shape index (κ1) is 8.84. The summed E-state index contributed by atoms with van der Waals surface area (Å²) in [5, 5.41) is 0. The predicted molar refractivity (Wildman–Crippen MR) is 56.4 cm³/mol. The fraction of sp³-hybridized carbons (Fsp3) is 0.615. The summed E-state index contributed by atoms with van der Waals surface area (Å²) in [5.41, 5.74) is 3.08. The number of rotatable bonds is 2. The lowest BCUT2D eigenvalue weighted by molar-refractivity contribution is 0.394. The van der Waals surface area contributed by atoms with Crippen molar-refractivity contribution < 1.29 is 0 Å². The Morgan fingerprint density at radius 3 is 2.77 bits per heavy atom. The third kappa shape index (κ3) is 1.95. The van der Waals surface area contributed by atoms with Gasteiger partial charge in [0.25, 0.3) is 0 Å². The van der Waals surface area contributed by atoms with Crippen molar-refractivity contribution in [2.24, 2.45) is 17.8 Å². The van der Waals surface area contributed by atoms with E-state index in [-0.39, 0.29) is 0 Å². The first-order chi connectivity index (χ1) is 6.40. The van der Waals surface area contributed by atoms with Gasteiger partial charge < -0.3 is 0 Å². The van der Waals surface area contributed by atoms with E-state index in [9.17, 15) is 0 Å². The molecule has 2 saturated carbocycles. The fourth-order valence-corrected chi connectivity index (χ4v) is 2.88. The van der Waals surface area contributed by atoms with Gasteiger partial charge in [-0.1, -0.05) is 18.6 Å². The summed E-state index contributed by atoms with van der Waals surface area (Å²) in [6.45, 7) is 2.00. The molecule has 0 aromatic carbocycles. The van der Waals surface area contributed by atoms with E-state index in [1.165, 1.54) is 25.7 Å². The average Bonchev–Trinajstić information content (AvgIpc) is 2.73. The predicted octanol–water partition coefficient (Wildman–Crippen LogP) is 3.71. The van der Waals surface area contributed by atoms with Gasteiger partial charge in [0.15, 0.2) is 0 Å². The van der Waals surface area contributed by atoms with Crippen molar-refractivity contribution in [2.75, 3.05) is 0 Å². The second kappa shape index (κ2) is 3.98. The second-order valence-corrected chi connectivity index (χ2v) is 4.35. The number of hydrogen-bond acceptors (Lipinski definition) is 0. The van der Waals surface area contributed by atoms with Crippen molar-refractivity contribution in [3.8, 4) is 0 Å². The molecule has 0 amide bonds. The molecule has 2 aliphatic carbocycles. The molecular formula is C13H18. The summed E-state index contributed by atoms with van der Waals surface area (Å²) >= 11 is 0. The third-order valence-electron chi connectivity index (χ3n) is 3.51. The molecule has 0 saturated heterocycles. The third-order valence-corrected chi connectivity index (χ3v) is 3.51. The first-order valence-electron chi connectivity index (χ1n) is 5.44. The molecule has 0 heteroatoms. The summed E-state index contributed by atoms with van der Waals surface area (Å²) in [4.78, 5) is 0. The van der Waals surface area contributed by atoms with Crippen LogP contribution in [0.3, 0.4) is 0 Å². The summed E-state index contributed by atoms with van der Waals surface area (Å²) in [6, 6.07) is 0. The van der Waals surface area contributed by atoms with Crippen molar-refractivity contribution in [3.63, 3.8) is 0 Å². The Labute approximate surface area is 81.0 Å². The molecule has 0 aliphatic heterocycles. The maximum Gasteiger partial charge on any atom is -0.0199 e. The lowest BCUT2D eigenvalue weighted by atomic mass is 9.88. The highest BCUT2D eigenvalue weighted by Crippen LogP contribution is 2.48. The van der Waals surface area contributed by atoms with Crippen molar-refractivity contribution in [2.45, 2.75) is 32.6 Å². The van der Waals surface area contributed by atoms with E-state index in [4.69, 9.17) is 0 Å². The van der Waals surface area contributed by atoms with Crippen LogP contribution in [0.15, 0.2) is 30.0 Å². The van der Waals surface area contributed by atoms with E-state index >= 15 is 0 Å². The van der Waals surface area contributed by atoms with E-state index < -0.39 is 0 Å². The maximum atomic E-state index is 3.08. The lowest BCUT2D eigenvalue weighted by Crippen LogP contribution is -2.06. The Kier molecular flexibility index (Phi) is 2.71. The molecule has 3 unspecified atom stereocenters. The van der Waals surface area contributed by atoms with Crippen molar-refractivity contribution in [1.82, 2.24) is 0 Å². The normalized spacial score (nSPS) is 36.5. The minimum absolute atomic E-state index is 0.883. The highest BCUT2D eigenvalue weighted by atomic mass is 14.4. The monoisotopic (exact) mass is 174 g/mol. The molecule has 0 N–H and O–H groups in total. The molecule has 2 bridgehead atoms. The molecule has 0 spiro atoms. The van der Waals surface area contributed by atoms with Crippen molar-refractivity contribution in [3.05, 3.63) is 30.0 Å². The molecule has 0 nitrogen and oxygen atoms in total. The standard InChI is InChI=1S/C13H18/c1-2-3-4-5-6-12-9-11-7-8-13(12)10-11/h2,4-6,11-13H,7-10H2,1H3. The Morgan fingerprint density at radius 2 is 2.15 bits per heavy atom. The molecule has 0 heterocycles. The molecule has 2 fully saturated rings. The molecule has 0 radical (unpaired) electrons. The first-order valence-corrected chi connectivity index (χ1v) is 5.44. The van der Waals surface area contributed by atoms with E-state index in [1.807, 2.05) is 19.1 Å². The lowest BCUT2D eigenvalue weighted by Gasteiger charge is -2.17. The van der Waals surface area contributed by atoms with Crippen LogP contribution in [0.4, 0.5) is 0 Å². The van der Waals surface area contributed by atoms with Crippen LogP contribution in [0.5, 0.6) is 0 Å². The average molecular weight is 174 g/mol. The highest BCUT2D eigenvalue weighted by molar-refractivity contribution is 5.07. The van der Waals surface area contributed by atoms with E-state index in [1.54, 1.807) is 0 Å². The van der Waals surface area contributed by atoms with Gasteiger partial charge in [0, 0.05) is 0 Å². The number of allylic oxidation sites excluding steroid dienone is 3. The SMILES string of the molecule is CC=C=CC=CC1CC2CCC1C2. The number of fused-ring (bicyclic) bond motifs is 2. The number of hydrogen-bond donors (Lipinski definition) is 0. The Morgan fingerprint density at radius 1 is 1.23 bits per heavy atom. The van der Waals surface area contributed by atoms with Crippen LogP contribution in [-0.2, 0) is 0 Å². The van der Waals surface area contributed by atoms with Gasteiger partial charge in [-0.15, -0.1) is 5.73 Å². The van der Waals surface area contributed by atoms with E-state index in [0.29, 0.717) is 0 Å². The quantitative estimate of drug-likeness (QED) is 0.442. The van der Waals surface area contributed by atoms with Gasteiger partial charge >= 0.3 is 0 Å². The molecule has 0 aromatic rings. The van der Waals surface area contributed by atoms with Gasteiger partial charge in [-0.05, 0) is 56.1 Å². The molecule has 13 heavy (non-hydrogen) atoms. The molecule has 0 aromatic heterocycles. The zero-order valence-corrected chi connectivity index (χ0v) is 8.37. The van der Waals surface area contributed by atoms with Crippen LogP contribution in [-0.4, -0.2) is 0 Å². The Bertz CT molecular complexity index is 253. The van der Waals surface area contributed by atoms with Crippen molar-refractivity contribution >= 4 is 0 Å². The second-order valence-electron chi connectivity index (χ2n) is 4.35. The minimum Gasteiger partial charge on any atom is -0.126 e. The molecule has 2 aliphatic rings. The van der Waals surface area contributed by atoms with Crippen LogP contribution < -0.4 is 0 Å². The highest BCUT2D eigenvalue weighted by Gasteiger charge is 2.37. The van der Waals surface area contributed by atoms with Crippen LogP contribution in [0.2, 0.25) is 0 Å². The molecular weight excluding hydrogens is 156 g/mol. The van der Waals surface area contributed by atoms with Gasteiger partial charge in [0.1, 0.15) is 0 Å². The smallest absolute Gasteiger partial charge is 0.0199 e. The van der Waals surface area contributed by atoms with Gasteiger partial charge in [0.05, 0.1) is 0 Å². The molecule has 70 valence electrons. The molecule has 3 atom stereocenters. The summed E-state index contributed by atoms with van der Waals surface area (Å²) in [5.74, 6) is 2.96. The van der Waals surface area contributed by atoms with E-state index in [2.05, 4.69) is 17.9 Å². The summed E-state index contributed by atoms with van der Waals surface area (Å²) in [7, 11) is 0. The van der Waals surface area contributed by atoms with Crippen LogP contribution in [0.25, 0.3) is 0 Å². The van der Waals surface area contributed by atoms with Crippen molar-refractivity contribution in [1.29, 1.82) is 0 Å².